The van der Waals surface area contributed by atoms with Crippen molar-refractivity contribution < 1.29 is 4.39 Å². The molecule has 0 bridgehead atoms. The van der Waals surface area contributed by atoms with Gasteiger partial charge in [-0.1, -0.05) is 41.9 Å². The molecule has 0 aliphatic carbocycles. The summed E-state index contributed by atoms with van der Waals surface area (Å²) in [5.41, 5.74) is 1.24. The van der Waals surface area contributed by atoms with E-state index >= 15 is 0 Å². The molecule has 0 saturated carbocycles. The van der Waals surface area contributed by atoms with Crippen LogP contribution in [0.25, 0.3) is 0 Å². The Hall–Kier alpha value is -2.16. The van der Waals surface area contributed by atoms with Crippen LogP contribution in [-0.2, 0) is 5.41 Å². The van der Waals surface area contributed by atoms with Crippen LogP contribution in [0.3, 0.4) is 0 Å². The highest BCUT2D eigenvalue weighted by Crippen LogP contribution is 2.35. The van der Waals surface area contributed by atoms with E-state index in [1.54, 1.807) is 6.07 Å². The van der Waals surface area contributed by atoms with Crippen molar-refractivity contribution in [3.05, 3.63) is 64.9 Å². The van der Waals surface area contributed by atoms with Crippen molar-refractivity contribution in [2.45, 2.75) is 18.3 Å². The average Bonchev–Trinajstić information content (AvgIpc) is 2.65. The maximum atomic E-state index is 13.2. The Morgan fingerprint density at radius 3 is 2.48 bits per heavy atom. The summed E-state index contributed by atoms with van der Waals surface area (Å²) in [5.74, 6) is -0.460. The number of hydrogen-bond donors (Lipinski definition) is 1. The zero-order valence-corrected chi connectivity index (χ0v) is 15.1. The van der Waals surface area contributed by atoms with E-state index in [1.165, 1.54) is 12.1 Å². The maximum absolute atomic E-state index is 13.2. The number of nitrogens with zero attached hydrogens (tertiary/aromatic N) is 2. The fourth-order valence-electron chi connectivity index (χ4n) is 3.09. The Morgan fingerprint density at radius 2 is 1.88 bits per heavy atom. The molecule has 1 aliphatic heterocycles. The van der Waals surface area contributed by atoms with Gasteiger partial charge in [-0.3, -0.25) is 0 Å². The second kappa shape index (κ2) is 7.38. The highest BCUT2D eigenvalue weighted by molar-refractivity contribution is 7.80. The lowest BCUT2D eigenvalue weighted by Crippen LogP contribution is -2.46. The Labute approximate surface area is 157 Å². The van der Waals surface area contributed by atoms with Gasteiger partial charge in [-0.25, -0.2) is 4.39 Å². The van der Waals surface area contributed by atoms with Gasteiger partial charge >= 0.3 is 0 Å². The number of anilines is 1. The lowest BCUT2D eigenvalue weighted by Gasteiger charge is -2.38. The normalized spacial score (nSPS) is 16.1. The quantitative estimate of drug-likeness (QED) is 0.772. The van der Waals surface area contributed by atoms with E-state index in [9.17, 15) is 9.65 Å². The first-order valence-corrected chi connectivity index (χ1v) is 8.80. The van der Waals surface area contributed by atoms with Crippen LogP contribution in [0.15, 0.2) is 48.5 Å². The van der Waals surface area contributed by atoms with Gasteiger partial charge in [0.2, 0.25) is 0 Å². The molecule has 0 amide bonds. The molecule has 0 aromatic heterocycles. The zero-order valence-electron chi connectivity index (χ0n) is 13.5. The van der Waals surface area contributed by atoms with Gasteiger partial charge in [-0.2, -0.15) is 5.26 Å². The Bertz CT molecular complexity index is 811. The number of piperidine rings is 1. The standard InChI is InChI=1S/C19H17ClFN3S/c20-16-12-15(6-7-17(16)21)23-18(25)24-10-8-19(13-22,9-11-24)14-4-2-1-3-5-14/h1-7,12H,8-11H2,(H,23,25). The van der Waals surface area contributed by atoms with Crippen LogP contribution >= 0.6 is 23.8 Å². The molecule has 2 aromatic rings. The molecular formula is C19H17ClFN3S. The monoisotopic (exact) mass is 373 g/mol. The molecule has 1 heterocycles. The molecule has 3 nitrogen and oxygen atoms in total. The molecule has 0 radical (unpaired) electrons. The minimum atomic E-state index is -0.466. The molecular weight excluding hydrogens is 357 g/mol. The van der Waals surface area contributed by atoms with Crippen molar-refractivity contribution >= 4 is 34.6 Å². The third-order valence-corrected chi connectivity index (χ3v) is 5.27. The average molecular weight is 374 g/mol. The van der Waals surface area contributed by atoms with Crippen molar-refractivity contribution in [3.8, 4) is 6.07 Å². The number of nitriles is 1. The molecule has 0 spiro atoms. The van der Waals surface area contributed by atoms with Crippen LogP contribution in [0.2, 0.25) is 5.02 Å². The summed E-state index contributed by atoms with van der Waals surface area (Å²) in [7, 11) is 0. The van der Waals surface area contributed by atoms with Crippen molar-refractivity contribution in [2.75, 3.05) is 18.4 Å². The molecule has 2 aromatic carbocycles. The molecule has 1 fully saturated rings. The fourth-order valence-corrected chi connectivity index (χ4v) is 3.57. The fraction of sp³-hybridized carbons (Fsp3) is 0.263. The predicted molar refractivity (Wildman–Crippen MR) is 102 cm³/mol. The molecule has 1 saturated heterocycles. The number of hydrogen-bond acceptors (Lipinski definition) is 2. The number of benzene rings is 2. The van der Waals surface area contributed by atoms with Gasteiger partial charge < -0.3 is 10.2 Å². The van der Waals surface area contributed by atoms with Crippen molar-refractivity contribution in [2.24, 2.45) is 0 Å². The predicted octanol–water partition coefficient (Wildman–Crippen LogP) is 4.73. The van der Waals surface area contributed by atoms with E-state index in [0.29, 0.717) is 36.7 Å². The van der Waals surface area contributed by atoms with Gasteiger partial charge in [0, 0.05) is 18.8 Å². The van der Waals surface area contributed by atoms with Gasteiger partial charge in [-0.15, -0.1) is 0 Å². The molecule has 3 rings (SSSR count). The molecule has 0 unspecified atom stereocenters. The smallest absolute Gasteiger partial charge is 0.173 e. The van der Waals surface area contributed by atoms with Crippen molar-refractivity contribution in [1.29, 1.82) is 5.26 Å². The summed E-state index contributed by atoms with van der Waals surface area (Å²) in [6.45, 7) is 1.37. The van der Waals surface area contributed by atoms with Gasteiger partial charge in [0.1, 0.15) is 5.82 Å². The van der Waals surface area contributed by atoms with Gasteiger partial charge in [0.15, 0.2) is 5.11 Å². The first-order valence-electron chi connectivity index (χ1n) is 8.02. The zero-order chi connectivity index (χ0) is 17.9. The third kappa shape index (κ3) is 3.76. The number of nitrogens with one attached hydrogen (secondary N) is 1. The molecule has 1 N–H and O–H groups in total. The topological polar surface area (TPSA) is 39.1 Å². The maximum Gasteiger partial charge on any atom is 0.173 e. The number of likely N-dealkylation sites (tertiary alicyclic amines) is 1. The molecule has 6 heteroatoms. The molecule has 0 atom stereocenters. The number of halogens is 2. The first kappa shape index (κ1) is 17.7. The molecule has 1 aliphatic rings. The summed E-state index contributed by atoms with van der Waals surface area (Å²) in [6.07, 6.45) is 1.42. The third-order valence-electron chi connectivity index (χ3n) is 4.62. The largest absolute Gasteiger partial charge is 0.349 e. The minimum absolute atomic E-state index is 0.0546. The number of rotatable bonds is 2. The minimum Gasteiger partial charge on any atom is -0.349 e. The van der Waals surface area contributed by atoms with Crippen LogP contribution in [0.4, 0.5) is 10.1 Å². The Morgan fingerprint density at radius 1 is 1.20 bits per heavy atom. The Balaban J connectivity index is 1.66. The summed E-state index contributed by atoms with van der Waals surface area (Å²) >= 11 is 11.3. The van der Waals surface area contributed by atoms with Crippen molar-refractivity contribution in [3.63, 3.8) is 0 Å². The summed E-state index contributed by atoms with van der Waals surface area (Å²) in [6, 6.07) is 16.8. The van der Waals surface area contributed by atoms with Crippen LogP contribution in [0.1, 0.15) is 18.4 Å². The summed E-state index contributed by atoms with van der Waals surface area (Å²) in [5, 5.41) is 13.4. The number of thiocarbonyl (C=S) groups is 1. The van der Waals surface area contributed by atoms with E-state index in [1.807, 2.05) is 35.2 Å². The first-order chi connectivity index (χ1) is 12.0. The SMILES string of the molecule is N#CC1(c2ccccc2)CCN(C(=S)Nc2ccc(F)c(Cl)c2)CC1. The van der Waals surface area contributed by atoms with Gasteiger partial charge in [0.05, 0.1) is 16.5 Å². The highest BCUT2D eigenvalue weighted by Gasteiger charge is 2.36. The van der Waals surface area contributed by atoms with E-state index in [0.717, 1.165) is 5.56 Å². The summed E-state index contributed by atoms with van der Waals surface area (Å²) in [4.78, 5) is 2.03. The van der Waals surface area contributed by atoms with Crippen LogP contribution < -0.4 is 5.32 Å². The molecule has 25 heavy (non-hydrogen) atoms. The van der Waals surface area contributed by atoms with Crippen LogP contribution in [-0.4, -0.2) is 23.1 Å². The lowest BCUT2D eigenvalue weighted by atomic mass is 9.74. The van der Waals surface area contributed by atoms with E-state index in [4.69, 9.17) is 23.8 Å². The highest BCUT2D eigenvalue weighted by atomic mass is 35.5. The van der Waals surface area contributed by atoms with Gasteiger partial charge in [0.25, 0.3) is 0 Å². The van der Waals surface area contributed by atoms with Gasteiger partial charge in [-0.05, 0) is 48.8 Å². The van der Waals surface area contributed by atoms with E-state index < -0.39 is 11.2 Å². The van der Waals surface area contributed by atoms with E-state index in [-0.39, 0.29) is 5.02 Å². The Kier molecular flexibility index (Phi) is 5.22. The van der Waals surface area contributed by atoms with E-state index in [2.05, 4.69) is 11.4 Å². The van der Waals surface area contributed by atoms with Crippen LogP contribution in [0, 0.1) is 17.1 Å². The van der Waals surface area contributed by atoms with Crippen molar-refractivity contribution in [1.82, 2.24) is 4.90 Å². The second-order valence-electron chi connectivity index (χ2n) is 6.11. The lowest BCUT2D eigenvalue weighted by molar-refractivity contribution is 0.272. The summed E-state index contributed by atoms with van der Waals surface area (Å²) < 4.78 is 13.2. The van der Waals surface area contributed by atoms with Crippen LogP contribution in [0.5, 0.6) is 0 Å². The second-order valence-corrected chi connectivity index (χ2v) is 6.90. The molecule has 128 valence electrons.